The highest BCUT2D eigenvalue weighted by Gasteiger charge is 2.31. The van der Waals surface area contributed by atoms with Crippen molar-refractivity contribution < 1.29 is 27.5 Å². The minimum Gasteiger partial charge on any atom is -0.478 e. The lowest BCUT2D eigenvalue weighted by atomic mass is 10.0. The summed E-state index contributed by atoms with van der Waals surface area (Å²) in [5.41, 5.74) is 0.845. The normalized spacial score (nSPS) is 11.9. The fourth-order valence-corrected chi connectivity index (χ4v) is 2.94. The van der Waals surface area contributed by atoms with Crippen LogP contribution in [0.1, 0.15) is 39.7 Å². The number of aromatic carboxylic acids is 1. The molecule has 2 aromatic carbocycles. The van der Waals surface area contributed by atoms with Gasteiger partial charge in [0.2, 0.25) is 0 Å². The first-order valence-electron chi connectivity index (χ1n) is 8.61. The van der Waals surface area contributed by atoms with E-state index in [9.17, 15) is 23.1 Å². The van der Waals surface area contributed by atoms with Crippen molar-refractivity contribution in [2.45, 2.75) is 19.5 Å². The van der Waals surface area contributed by atoms with E-state index in [1.165, 1.54) is 12.1 Å². The molecule has 1 aromatic heterocycles. The molecule has 0 spiro atoms. The van der Waals surface area contributed by atoms with Gasteiger partial charge in [-0.2, -0.15) is 13.2 Å². The van der Waals surface area contributed by atoms with E-state index in [0.29, 0.717) is 17.7 Å². The second-order valence-electron chi connectivity index (χ2n) is 6.13. The Bertz CT molecular complexity index is 998. The number of hydrogen-bond acceptors (Lipinski definition) is 2. The van der Waals surface area contributed by atoms with Gasteiger partial charge in [0.25, 0.3) is 0 Å². The molecule has 6 heteroatoms. The molecule has 144 valence electrons. The molecule has 0 bridgehead atoms. The second kappa shape index (κ2) is 7.76. The molecule has 0 aliphatic rings. The summed E-state index contributed by atoms with van der Waals surface area (Å²) in [6.07, 6.45) is -0.593. The topological polar surface area (TPSA) is 50.4 Å². The summed E-state index contributed by atoms with van der Waals surface area (Å²) in [6.45, 7) is 1.80. The van der Waals surface area contributed by atoms with Gasteiger partial charge >= 0.3 is 12.1 Å². The molecular weight excluding hydrogens is 369 g/mol. The molecule has 0 aliphatic heterocycles. The van der Waals surface area contributed by atoms with Gasteiger partial charge in [0.1, 0.15) is 17.1 Å². The Labute approximate surface area is 159 Å². The number of carboxylic acids is 1. The molecule has 3 nitrogen and oxygen atoms in total. The van der Waals surface area contributed by atoms with Crippen molar-refractivity contribution in [1.82, 2.24) is 0 Å². The number of hydrogen-bond donors (Lipinski definition) is 1. The molecule has 1 N–H and O–H groups in total. The highest BCUT2D eigenvalue weighted by molar-refractivity contribution is 5.97. The number of halogens is 3. The Morgan fingerprint density at radius 1 is 1.04 bits per heavy atom. The average molecular weight is 386 g/mol. The maximum Gasteiger partial charge on any atom is 0.416 e. The number of furan rings is 1. The lowest BCUT2D eigenvalue weighted by Gasteiger charge is -2.07. The number of rotatable bonds is 5. The van der Waals surface area contributed by atoms with E-state index in [2.05, 4.69) is 0 Å². The van der Waals surface area contributed by atoms with E-state index in [-0.39, 0.29) is 16.9 Å². The quantitative estimate of drug-likeness (QED) is 0.552. The van der Waals surface area contributed by atoms with Gasteiger partial charge in [0, 0.05) is 11.1 Å². The molecule has 1 heterocycles. The summed E-state index contributed by atoms with van der Waals surface area (Å²) >= 11 is 0. The zero-order chi connectivity index (χ0) is 20.3. The van der Waals surface area contributed by atoms with E-state index in [1.807, 2.05) is 30.3 Å². The highest BCUT2D eigenvalue weighted by atomic mass is 19.4. The molecule has 3 rings (SSSR count). The van der Waals surface area contributed by atoms with Crippen molar-refractivity contribution >= 4 is 18.1 Å². The molecule has 0 unspecified atom stereocenters. The van der Waals surface area contributed by atoms with Gasteiger partial charge in [0.05, 0.1) is 5.56 Å². The van der Waals surface area contributed by atoms with Gasteiger partial charge in [-0.05, 0) is 30.2 Å². The van der Waals surface area contributed by atoms with E-state index < -0.39 is 17.7 Å². The summed E-state index contributed by atoms with van der Waals surface area (Å²) in [4.78, 5) is 11.8. The first-order chi connectivity index (χ1) is 13.3. The molecular formula is C22H17F3O3. The summed E-state index contributed by atoms with van der Waals surface area (Å²) in [5.74, 6) is -0.765. The van der Waals surface area contributed by atoms with E-state index >= 15 is 0 Å². The average Bonchev–Trinajstić information content (AvgIpc) is 3.05. The summed E-state index contributed by atoms with van der Waals surface area (Å²) in [5, 5.41) is 9.66. The number of carboxylic acid groups (broad SMARTS) is 1. The van der Waals surface area contributed by atoms with Crippen LogP contribution in [-0.4, -0.2) is 11.1 Å². The van der Waals surface area contributed by atoms with Crippen LogP contribution in [-0.2, 0) is 12.6 Å². The van der Waals surface area contributed by atoms with E-state index in [0.717, 1.165) is 17.7 Å². The van der Waals surface area contributed by atoms with Gasteiger partial charge in [-0.15, -0.1) is 0 Å². The van der Waals surface area contributed by atoms with Crippen LogP contribution in [0.2, 0.25) is 0 Å². The largest absolute Gasteiger partial charge is 0.478 e. The fraction of sp³-hybridized carbons (Fsp3) is 0.136. The van der Waals surface area contributed by atoms with Crippen molar-refractivity contribution in [2.75, 3.05) is 0 Å². The van der Waals surface area contributed by atoms with E-state index in [4.69, 9.17) is 4.42 Å². The van der Waals surface area contributed by atoms with Crippen molar-refractivity contribution in [2.24, 2.45) is 0 Å². The summed E-state index contributed by atoms with van der Waals surface area (Å²) in [6, 6.07) is 13.7. The number of benzene rings is 2. The highest BCUT2D eigenvalue weighted by Crippen LogP contribution is 2.35. The third-order valence-corrected chi connectivity index (χ3v) is 4.31. The second-order valence-corrected chi connectivity index (χ2v) is 6.13. The lowest BCUT2D eigenvalue weighted by molar-refractivity contribution is -0.137. The van der Waals surface area contributed by atoms with Gasteiger partial charge in [0.15, 0.2) is 0 Å². The third-order valence-electron chi connectivity index (χ3n) is 4.31. The fourth-order valence-electron chi connectivity index (χ4n) is 2.94. The molecule has 0 radical (unpaired) electrons. The van der Waals surface area contributed by atoms with Crippen LogP contribution in [0.15, 0.2) is 59.0 Å². The van der Waals surface area contributed by atoms with Gasteiger partial charge in [-0.3, -0.25) is 0 Å². The molecule has 0 aliphatic carbocycles. The van der Waals surface area contributed by atoms with Gasteiger partial charge < -0.3 is 9.52 Å². The van der Waals surface area contributed by atoms with Gasteiger partial charge in [-0.25, -0.2) is 4.79 Å². The van der Waals surface area contributed by atoms with Crippen LogP contribution in [0.25, 0.3) is 23.5 Å². The maximum atomic E-state index is 12.8. The molecule has 0 saturated heterocycles. The van der Waals surface area contributed by atoms with Crippen molar-refractivity contribution in [3.8, 4) is 11.3 Å². The van der Waals surface area contributed by atoms with Crippen LogP contribution >= 0.6 is 0 Å². The monoisotopic (exact) mass is 386 g/mol. The first-order valence-corrected chi connectivity index (χ1v) is 8.61. The zero-order valence-electron chi connectivity index (χ0n) is 15.0. The molecule has 28 heavy (non-hydrogen) atoms. The maximum absolute atomic E-state index is 12.8. The number of carbonyl (C=O) groups is 1. The van der Waals surface area contributed by atoms with Crippen LogP contribution in [0, 0.1) is 0 Å². The number of alkyl halides is 3. The predicted octanol–water partition coefficient (Wildman–Crippen LogP) is 6.40. The molecule has 3 aromatic rings. The standard InChI is InChI=1S/C22H17F3O3/c1-2-17-18(13-8-14-6-4-3-5-7-14)28-20(19(17)21(26)27)15-9-11-16(12-10-15)22(23,24)25/h3-13H,2H2,1H3,(H,26,27)/b13-8+. The van der Waals surface area contributed by atoms with Gasteiger partial charge in [-0.1, -0.05) is 55.5 Å². The molecule has 0 amide bonds. The Kier molecular flexibility index (Phi) is 5.40. The Hall–Kier alpha value is -3.28. The van der Waals surface area contributed by atoms with Crippen LogP contribution in [0.4, 0.5) is 13.2 Å². The molecule has 0 fully saturated rings. The van der Waals surface area contributed by atoms with Crippen LogP contribution in [0.3, 0.4) is 0 Å². The predicted molar refractivity (Wildman–Crippen MR) is 101 cm³/mol. The molecule has 0 saturated carbocycles. The lowest BCUT2D eigenvalue weighted by Crippen LogP contribution is -2.04. The minimum atomic E-state index is -4.46. The molecule has 0 atom stereocenters. The van der Waals surface area contributed by atoms with Crippen molar-refractivity contribution in [1.29, 1.82) is 0 Å². The van der Waals surface area contributed by atoms with Crippen LogP contribution in [0.5, 0.6) is 0 Å². The van der Waals surface area contributed by atoms with E-state index in [1.54, 1.807) is 19.1 Å². The minimum absolute atomic E-state index is 0.0324. The first kappa shape index (κ1) is 19.5. The SMILES string of the molecule is CCc1c(/C=C/c2ccccc2)oc(-c2ccc(C(F)(F)F)cc2)c1C(=O)O. The van der Waals surface area contributed by atoms with Crippen molar-refractivity contribution in [3.63, 3.8) is 0 Å². The Morgan fingerprint density at radius 2 is 1.68 bits per heavy atom. The zero-order valence-corrected chi connectivity index (χ0v) is 15.0. The summed E-state index contributed by atoms with van der Waals surface area (Å²) in [7, 11) is 0. The van der Waals surface area contributed by atoms with Crippen molar-refractivity contribution in [3.05, 3.63) is 82.6 Å². The third kappa shape index (κ3) is 4.01. The Balaban J connectivity index is 2.07. The van der Waals surface area contributed by atoms with Crippen LogP contribution < -0.4 is 0 Å². The smallest absolute Gasteiger partial charge is 0.416 e. The Morgan fingerprint density at radius 3 is 2.21 bits per heavy atom. The summed E-state index contributed by atoms with van der Waals surface area (Å²) < 4.78 is 44.1.